The second-order valence-corrected chi connectivity index (χ2v) is 9.97. The molecule has 1 aliphatic rings. The quantitative estimate of drug-likeness (QED) is 0.501. The number of aryl methyl sites for hydroxylation is 3. The van der Waals surface area contributed by atoms with Crippen molar-refractivity contribution in [3.05, 3.63) is 57.5 Å². The molecule has 0 bridgehead atoms. The smallest absolute Gasteiger partial charge is 0.123 e. The van der Waals surface area contributed by atoms with Crippen molar-refractivity contribution < 1.29 is 9.13 Å². The maximum absolute atomic E-state index is 13.0. The number of hydrogen-bond donors (Lipinski definition) is 0. The van der Waals surface area contributed by atoms with Crippen molar-refractivity contribution in [3.8, 4) is 0 Å². The summed E-state index contributed by atoms with van der Waals surface area (Å²) in [4.78, 5) is 5.52. The third kappa shape index (κ3) is 7.31. The van der Waals surface area contributed by atoms with Gasteiger partial charge in [-0.25, -0.2) is 4.39 Å². The zero-order chi connectivity index (χ0) is 19.8. The van der Waals surface area contributed by atoms with Crippen molar-refractivity contribution in [2.24, 2.45) is 5.41 Å². The number of thiophene rings is 1. The van der Waals surface area contributed by atoms with Gasteiger partial charge in [-0.15, -0.1) is 11.3 Å². The van der Waals surface area contributed by atoms with Crippen molar-refractivity contribution in [2.75, 3.05) is 32.8 Å². The van der Waals surface area contributed by atoms with Gasteiger partial charge in [-0.1, -0.05) is 26.0 Å². The number of ether oxygens (including phenoxy) is 1. The summed E-state index contributed by atoms with van der Waals surface area (Å²) in [5.74, 6) is -0.153. The van der Waals surface area contributed by atoms with E-state index >= 15 is 0 Å². The fourth-order valence-corrected chi connectivity index (χ4v) is 4.74. The van der Waals surface area contributed by atoms with Crippen LogP contribution in [0.5, 0.6) is 0 Å². The summed E-state index contributed by atoms with van der Waals surface area (Å²) in [7, 11) is 0. The Labute approximate surface area is 173 Å². The second-order valence-electron chi connectivity index (χ2n) is 8.72. The number of halogens is 1. The molecule has 1 saturated heterocycles. The molecule has 1 fully saturated rings. The molecule has 2 nitrogen and oxygen atoms in total. The molecule has 1 aliphatic heterocycles. The van der Waals surface area contributed by atoms with Crippen LogP contribution in [-0.2, 0) is 24.0 Å². The van der Waals surface area contributed by atoms with E-state index in [1.165, 1.54) is 41.1 Å². The van der Waals surface area contributed by atoms with Crippen LogP contribution in [0.15, 0.2) is 36.4 Å². The van der Waals surface area contributed by atoms with E-state index in [-0.39, 0.29) is 5.82 Å². The van der Waals surface area contributed by atoms with Gasteiger partial charge in [-0.2, -0.15) is 0 Å². The highest BCUT2D eigenvalue weighted by atomic mass is 32.1. The Morgan fingerprint density at radius 3 is 2.32 bits per heavy atom. The molecule has 0 N–H and O–H groups in total. The lowest BCUT2D eigenvalue weighted by molar-refractivity contribution is 0.0323. The Morgan fingerprint density at radius 1 is 0.929 bits per heavy atom. The summed E-state index contributed by atoms with van der Waals surface area (Å²) < 4.78 is 18.4. The number of nitrogens with zero attached hydrogens (tertiary/aromatic N) is 1. The predicted octanol–water partition coefficient (Wildman–Crippen LogP) is 5.74. The minimum absolute atomic E-state index is 0.153. The molecular weight excluding hydrogens is 369 g/mol. The van der Waals surface area contributed by atoms with Crippen molar-refractivity contribution in [1.29, 1.82) is 0 Å². The van der Waals surface area contributed by atoms with E-state index in [0.29, 0.717) is 5.41 Å². The van der Waals surface area contributed by atoms with Crippen LogP contribution in [0, 0.1) is 11.2 Å². The summed E-state index contributed by atoms with van der Waals surface area (Å²) in [5, 5.41) is 0. The predicted molar refractivity (Wildman–Crippen MR) is 117 cm³/mol. The van der Waals surface area contributed by atoms with E-state index in [1.54, 1.807) is 12.1 Å². The topological polar surface area (TPSA) is 12.5 Å². The largest absolute Gasteiger partial charge is 0.379 e. The average molecular weight is 404 g/mol. The molecule has 1 aromatic heterocycles. The first-order valence-corrected chi connectivity index (χ1v) is 11.4. The van der Waals surface area contributed by atoms with E-state index in [0.717, 1.165) is 45.6 Å². The summed E-state index contributed by atoms with van der Waals surface area (Å²) in [6.45, 7) is 9.95. The maximum Gasteiger partial charge on any atom is 0.123 e. The van der Waals surface area contributed by atoms with E-state index in [4.69, 9.17) is 4.74 Å². The number of benzene rings is 1. The van der Waals surface area contributed by atoms with Crippen LogP contribution in [-0.4, -0.2) is 37.7 Å². The first-order chi connectivity index (χ1) is 13.5. The Morgan fingerprint density at radius 2 is 1.61 bits per heavy atom. The average Bonchev–Trinajstić information content (AvgIpc) is 3.15. The molecule has 0 spiro atoms. The lowest BCUT2D eigenvalue weighted by Crippen LogP contribution is -2.38. The van der Waals surface area contributed by atoms with Crippen molar-refractivity contribution >= 4 is 11.3 Å². The molecule has 0 amide bonds. The van der Waals surface area contributed by atoms with Gasteiger partial charge in [-0.05, 0) is 80.3 Å². The van der Waals surface area contributed by atoms with E-state index < -0.39 is 0 Å². The molecule has 0 atom stereocenters. The van der Waals surface area contributed by atoms with Gasteiger partial charge < -0.3 is 4.74 Å². The molecular formula is C24H34FNOS. The van der Waals surface area contributed by atoms with Crippen LogP contribution in [0.25, 0.3) is 0 Å². The SMILES string of the molecule is CC(C)(CCc1ccc(CCCc2ccc(F)cc2)s1)CCN1CCOCC1. The highest BCUT2D eigenvalue weighted by molar-refractivity contribution is 7.11. The van der Waals surface area contributed by atoms with Gasteiger partial charge in [0.1, 0.15) is 5.82 Å². The molecule has 0 aliphatic carbocycles. The van der Waals surface area contributed by atoms with Crippen LogP contribution in [0.2, 0.25) is 0 Å². The number of rotatable bonds is 10. The lowest BCUT2D eigenvalue weighted by Gasteiger charge is -2.31. The molecule has 1 aromatic carbocycles. The van der Waals surface area contributed by atoms with E-state index in [9.17, 15) is 4.39 Å². The molecule has 3 rings (SSSR count). The molecule has 4 heteroatoms. The third-order valence-corrected chi connectivity index (χ3v) is 6.98. The van der Waals surface area contributed by atoms with E-state index in [1.807, 2.05) is 23.5 Å². The molecule has 28 heavy (non-hydrogen) atoms. The summed E-state index contributed by atoms with van der Waals surface area (Å²) in [5.41, 5.74) is 1.60. The van der Waals surface area contributed by atoms with Gasteiger partial charge in [0, 0.05) is 22.8 Å². The van der Waals surface area contributed by atoms with Crippen LogP contribution in [0.1, 0.15) is 48.4 Å². The standard InChI is InChI=1S/C24H34FNOS/c1-24(2,14-15-26-16-18-27-19-17-26)13-12-23-11-10-22(28-23)5-3-4-20-6-8-21(25)9-7-20/h6-11H,3-5,12-19H2,1-2H3. The first-order valence-electron chi connectivity index (χ1n) is 10.6. The lowest BCUT2D eigenvalue weighted by atomic mass is 9.84. The second kappa shape index (κ2) is 10.5. The molecule has 154 valence electrons. The van der Waals surface area contributed by atoms with Crippen LogP contribution < -0.4 is 0 Å². The van der Waals surface area contributed by atoms with Crippen LogP contribution in [0.3, 0.4) is 0 Å². The summed E-state index contributed by atoms with van der Waals surface area (Å²) in [6, 6.07) is 11.5. The summed E-state index contributed by atoms with van der Waals surface area (Å²) in [6.07, 6.45) is 6.93. The zero-order valence-electron chi connectivity index (χ0n) is 17.4. The molecule has 0 unspecified atom stereocenters. The Hall–Kier alpha value is -1.23. The van der Waals surface area contributed by atoms with Gasteiger partial charge in [0.15, 0.2) is 0 Å². The fraction of sp³-hybridized carbons (Fsp3) is 0.583. The minimum Gasteiger partial charge on any atom is -0.379 e. The highest BCUT2D eigenvalue weighted by Gasteiger charge is 2.20. The van der Waals surface area contributed by atoms with Crippen molar-refractivity contribution in [3.63, 3.8) is 0 Å². The number of hydrogen-bond acceptors (Lipinski definition) is 3. The zero-order valence-corrected chi connectivity index (χ0v) is 18.2. The first kappa shape index (κ1) is 21.5. The van der Waals surface area contributed by atoms with Gasteiger partial charge in [0.2, 0.25) is 0 Å². The van der Waals surface area contributed by atoms with Crippen LogP contribution >= 0.6 is 11.3 Å². The molecule has 0 radical (unpaired) electrons. The molecule has 2 heterocycles. The maximum atomic E-state index is 13.0. The minimum atomic E-state index is -0.153. The van der Waals surface area contributed by atoms with Gasteiger partial charge in [0.25, 0.3) is 0 Å². The van der Waals surface area contributed by atoms with Gasteiger partial charge in [0.05, 0.1) is 13.2 Å². The third-order valence-electron chi connectivity index (χ3n) is 5.78. The fourth-order valence-electron chi connectivity index (χ4n) is 3.68. The Bertz CT molecular complexity index is 704. The van der Waals surface area contributed by atoms with Gasteiger partial charge >= 0.3 is 0 Å². The number of morpholine rings is 1. The summed E-state index contributed by atoms with van der Waals surface area (Å²) >= 11 is 1.97. The van der Waals surface area contributed by atoms with Crippen molar-refractivity contribution in [2.45, 2.75) is 52.4 Å². The van der Waals surface area contributed by atoms with E-state index in [2.05, 4.69) is 30.9 Å². The normalized spacial score (nSPS) is 15.8. The van der Waals surface area contributed by atoms with Gasteiger partial charge in [-0.3, -0.25) is 4.90 Å². The molecule has 0 saturated carbocycles. The Balaban J connectivity index is 1.36. The van der Waals surface area contributed by atoms with Crippen molar-refractivity contribution in [1.82, 2.24) is 4.90 Å². The van der Waals surface area contributed by atoms with Crippen LogP contribution in [0.4, 0.5) is 4.39 Å². The monoisotopic (exact) mass is 403 g/mol. The highest BCUT2D eigenvalue weighted by Crippen LogP contribution is 2.30. The molecule has 2 aromatic rings. The Kier molecular flexibility index (Phi) is 8.07.